The van der Waals surface area contributed by atoms with Crippen LogP contribution in [0.5, 0.6) is 0 Å². The summed E-state index contributed by atoms with van der Waals surface area (Å²) >= 11 is 0. The van der Waals surface area contributed by atoms with E-state index in [1.807, 2.05) is 0 Å². The van der Waals surface area contributed by atoms with Crippen LogP contribution in [0.15, 0.2) is 24.3 Å². The van der Waals surface area contributed by atoms with Crippen LogP contribution in [0.2, 0.25) is 0 Å². The minimum atomic E-state index is -0.495. The van der Waals surface area contributed by atoms with Gasteiger partial charge in [-0.05, 0) is 37.4 Å². The van der Waals surface area contributed by atoms with Gasteiger partial charge in [-0.2, -0.15) is 0 Å². The Morgan fingerprint density at radius 2 is 1.94 bits per heavy atom. The second-order valence-electron chi connectivity index (χ2n) is 5.64. The zero-order valence-electron chi connectivity index (χ0n) is 10.5. The number of aliphatic hydroxyl groups is 1. The Balaban J connectivity index is 2.03. The van der Waals surface area contributed by atoms with E-state index in [-0.39, 0.29) is 6.04 Å². The molecule has 17 heavy (non-hydrogen) atoms. The quantitative estimate of drug-likeness (QED) is 0.803. The molecule has 1 unspecified atom stereocenters. The van der Waals surface area contributed by atoms with Crippen LogP contribution in [0.25, 0.3) is 0 Å². The van der Waals surface area contributed by atoms with Crippen LogP contribution in [0, 0.1) is 0 Å². The number of hydrogen-bond donors (Lipinski definition) is 1. The molecule has 2 aliphatic rings. The van der Waals surface area contributed by atoms with Gasteiger partial charge < -0.3 is 5.11 Å². The van der Waals surface area contributed by atoms with E-state index in [1.54, 1.807) is 0 Å². The van der Waals surface area contributed by atoms with E-state index in [9.17, 15) is 5.11 Å². The summed E-state index contributed by atoms with van der Waals surface area (Å²) in [4.78, 5) is 2.34. The summed E-state index contributed by atoms with van der Waals surface area (Å²) in [7, 11) is 2.15. The lowest BCUT2D eigenvalue weighted by Crippen LogP contribution is -2.46. The SMILES string of the molecule is CN1CCc2ccccc2C1C1(O)CCCC1. The van der Waals surface area contributed by atoms with Crippen molar-refractivity contribution >= 4 is 0 Å². The topological polar surface area (TPSA) is 23.5 Å². The number of fused-ring (bicyclic) bond motifs is 1. The van der Waals surface area contributed by atoms with Gasteiger partial charge in [0.05, 0.1) is 11.6 Å². The molecule has 1 aliphatic carbocycles. The van der Waals surface area contributed by atoms with Crippen LogP contribution >= 0.6 is 0 Å². The third-order valence-electron chi connectivity index (χ3n) is 4.50. The van der Waals surface area contributed by atoms with Gasteiger partial charge >= 0.3 is 0 Å². The molecule has 1 aromatic carbocycles. The van der Waals surface area contributed by atoms with Gasteiger partial charge in [-0.15, -0.1) is 0 Å². The van der Waals surface area contributed by atoms with Crippen LogP contribution in [0.1, 0.15) is 42.9 Å². The fourth-order valence-corrected chi connectivity index (χ4v) is 3.65. The largest absolute Gasteiger partial charge is 0.388 e. The van der Waals surface area contributed by atoms with Crippen LogP contribution < -0.4 is 0 Å². The molecule has 1 N–H and O–H groups in total. The van der Waals surface area contributed by atoms with Crippen molar-refractivity contribution in [2.24, 2.45) is 0 Å². The second kappa shape index (κ2) is 4.11. The predicted octanol–water partition coefficient (Wildman–Crippen LogP) is 2.52. The lowest BCUT2D eigenvalue weighted by Gasteiger charge is -2.43. The normalized spacial score (nSPS) is 28.0. The lowest BCUT2D eigenvalue weighted by molar-refractivity contribution is -0.0406. The van der Waals surface area contributed by atoms with Crippen LogP contribution in [-0.4, -0.2) is 29.2 Å². The van der Waals surface area contributed by atoms with Gasteiger partial charge in [0, 0.05) is 6.54 Å². The average Bonchev–Trinajstić information content (AvgIpc) is 2.76. The minimum Gasteiger partial charge on any atom is -0.388 e. The van der Waals surface area contributed by atoms with Crippen molar-refractivity contribution in [3.05, 3.63) is 35.4 Å². The molecule has 1 atom stereocenters. The molecule has 92 valence electrons. The Morgan fingerprint density at radius 3 is 2.71 bits per heavy atom. The smallest absolute Gasteiger partial charge is 0.0843 e. The van der Waals surface area contributed by atoms with E-state index in [4.69, 9.17) is 0 Å². The molecule has 1 aromatic rings. The van der Waals surface area contributed by atoms with E-state index in [0.29, 0.717) is 0 Å². The van der Waals surface area contributed by atoms with Crippen molar-refractivity contribution in [2.45, 2.75) is 43.7 Å². The van der Waals surface area contributed by atoms with Crippen molar-refractivity contribution in [3.8, 4) is 0 Å². The highest BCUT2D eigenvalue weighted by molar-refractivity contribution is 5.34. The molecule has 1 heterocycles. The fraction of sp³-hybridized carbons (Fsp3) is 0.600. The van der Waals surface area contributed by atoms with E-state index >= 15 is 0 Å². The van der Waals surface area contributed by atoms with Gasteiger partial charge in [-0.1, -0.05) is 37.1 Å². The molecule has 3 rings (SSSR count). The molecule has 1 fully saturated rings. The van der Waals surface area contributed by atoms with Crippen molar-refractivity contribution in [1.82, 2.24) is 4.90 Å². The monoisotopic (exact) mass is 231 g/mol. The molecule has 0 bridgehead atoms. The number of hydrogen-bond acceptors (Lipinski definition) is 2. The van der Waals surface area contributed by atoms with Crippen LogP contribution in [0.3, 0.4) is 0 Å². The highest BCUT2D eigenvalue weighted by Gasteiger charge is 2.44. The zero-order chi connectivity index (χ0) is 11.9. The molecule has 0 aromatic heterocycles. The molecular formula is C15H21NO. The van der Waals surface area contributed by atoms with Crippen molar-refractivity contribution < 1.29 is 5.11 Å². The predicted molar refractivity (Wildman–Crippen MR) is 68.9 cm³/mol. The zero-order valence-corrected chi connectivity index (χ0v) is 10.5. The molecule has 0 amide bonds. The highest BCUT2D eigenvalue weighted by Crippen LogP contribution is 2.45. The maximum atomic E-state index is 10.9. The van der Waals surface area contributed by atoms with Gasteiger partial charge in [0.15, 0.2) is 0 Å². The summed E-state index contributed by atoms with van der Waals surface area (Å²) in [5, 5.41) is 10.9. The number of likely N-dealkylation sites (N-methyl/N-ethyl adjacent to an activating group) is 1. The Bertz CT molecular complexity index is 409. The molecule has 2 nitrogen and oxygen atoms in total. The van der Waals surface area contributed by atoms with E-state index in [1.165, 1.54) is 24.0 Å². The standard InChI is InChI=1S/C15H21NO/c1-16-11-8-12-6-2-3-7-13(12)14(16)15(17)9-4-5-10-15/h2-3,6-7,14,17H,4-5,8-11H2,1H3. The first-order valence-electron chi connectivity index (χ1n) is 6.71. The first-order valence-corrected chi connectivity index (χ1v) is 6.71. The fourth-order valence-electron chi connectivity index (χ4n) is 3.65. The molecular weight excluding hydrogens is 210 g/mol. The third kappa shape index (κ3) is 1.80. The second-order valence-corrected chi connectivity index (χ2v) is 5.64. The van der Waals surface area contributed by atoms with Gasteiger partial charge in [0.25, 0.3) is 0 Å². The van der Waals surface area contributed by atoms with E-state index in [0.717, 1.165) is 25.8 Å². The van der Waals surface area contributed by atoms with Gasteiger partial charge in [-0.25, -0.2) is 0 Å². The maximum Gasteiger partial charge on any atom is 0.0843 e. The Labute approximate surface area is 103 Å². The Hall–Kier alpha value is -0.860. The summed E-state index contributed by atoms with van der Waals surface area (Å²) in [6.45, 7) is 1.06. The average molecular weight is 231 g/mol. The lowest BCUT2D eigenvalue weighted by atomic mass is 9.81. The summed E-state index contributed by atoms with van der Waals surface area (Å²) in [5.74, 6) is 0. The summed E-state index contributed by atoms with van der Waals surface area (Å²) in [6, 6.07) is 8.83. The molecule has 0 radical (unpaired) electrons. The number of nitrogens with zero attached hydrogens (tertiary/aromatic N) is 1. The summed E-state index contributed by atoms with van der Waals surface area (Å²) < 4.78 is 0. The van der Waals surface area contributed by atoms with Crippen LogP contribution in [0.4, 0.5) is 0 Å². The molecule has 0 saturated heterocycles. The Kier molecular flexibility index (Phi) is 2.72. The van der Waals surface area contributed by atoms with Crippen molar-refractivity contribution in [3.63, 3.8) is 0 Å². The minimum absolute atomic E-state index is 0.204. The molecule has 2 heteroatoms. The molecule has 0 spiro atoms. The molecule has 1 aliphatic heterocycles. The number of benzene rings is 1. The van der Waals surface area contributed by atoms with Gasteiger partial charge in [0.1, 0.15) is 0 Å². The Morgan fingerprint density at radius 1 is 1.24 bits per heavy atom. The third-order valence-corrected chi connectivity index (χ3v) is 4.50. The van der Waals surface area contributed by atoms with Gasteiger partial charge in [-0.3, -0.25) is 4.90 Å². The maximum absolute atomic E-state index is 10.9. The van der Waals surface area contributed by atoms with Gasteiger partial charge in [0.2, 0.25) is 0 Å². The first-order chi connectivity index (χ1) is 8.21. The number of rotatable bonds is 1. The summed E-state index contributed by atoms with van der Waals surface area (Å²) in [6.07, 6.45) is 5.36. The van der Waals surface area contributed by atoms with Crippen LogP contribution in [-0.2, 0) is 6.42 Å². The summed E-state index contributed by atoms with van der Waals surface area (Å²) in [5.41, 5.74) is 2.28. The first kappa shape index (κ1) is 11.2. The van der Waals surface area contributed by atoms with E-state index in [2.05, 4.69) is 36.2 Å². The van der Waals surface area contributed by atoms with E-state index < -0.39 is 5.60 Å². The highest BCUT2D eigenvalue weighted by atomic mass is 16.3. The van der Waals surface area contributed by atoms with Crippen molar-refractivity contribution in [2.75, 3.05) is 13.6 Å². The van der Waals surface area contributed by atoms with Crippen molar-refractivity contribution in [1.29, 1.82) is 0 Å². The molecule has 1 saturated carbocycles.